The van der Waals surface area contributed by atoms with Gasteiger partial charge in [-0.1, -0.05) is 41.4 Å². The van der Waals surface area contributed by atoms with Gasteiger partial charge in [0, 0.05) is 5.02 Å². The van der Waals surface area contributed by atoms with Gasteiger partial charge in [0.2, 0.25) is 0 Å². The van der Waals surface area contributed by atoms with Crippen molar-refractivity contribution in [1.29, 1.82) is 0 Å². The van der Waals surface area contributed by atoms with Crippen molar-refractivity contribution in [2.24, 2.45) is 5.10 Å². The number of aromatic amines is 1. The fourth-order valence-corrected chi connectivity index (χ4v) is 4.29. The van der Waals surface area contributed by atoms with E-state index in [0.717, 1.165) is 5.56 Å². The van der Waals surface area contributed by atoms with E-state index in [1.165, 1.54) is 25.3 Å². The first-order chi connectivity index (χ1) is 16.7. The van der Waals surface area contributed by atoms with Gasteiger partial charge in [0.1, 0.15) is 17.6 Å². The first kappa shape index (κ1) is 24.4. The van der Waals surface area contributed by atoms with Gasteiger partial charge in [0.25, 0.3) is 15.6 Å². The normalized spacial score (nSPS) is 13.0. The molecule has 180 valence electrons. The highest BCUT2D eigenvalue weighted by molar-refractivity contribution is 7.89. The minimum absolute atomic E-state index is 0.0276. The Hall–Kier alpha value is -3.73. The molecule has 0 bridgehead atoms. The average Bonchev–Trinajstić information content (AvgIpc) is 2.84. The summed E-state index contributed by atoms with van der Waals surface area (Å²) >= 11 is 6.00. The minimum atomic E-state index is -4.09. The fraction of sp³-hybridized carbons (Fsp3) is 0.125. The number of aliphatic hydroxyl groups excluding tert-OH is 1. The van der Waals surface area contributed by atoms with Crippen LogP contribution in [0.25, 0.3) is 11.0 Å². The number of rotatable bonds is 7. The van der Waals surface area contributed by atoms with Crippen LogP contribution in [-0.4, -0.2) is 36.3 Å². The SMILES string of the molecule is COc1ccc([C@@H](O)/C(=N/NS(=O)(=O)c2ccc(C)cc2)c2nc3ccc(Cl)cc3[nH]c2=O)cc1. The van der Waals surface area contributed by atoms with E-state index in [2.05, 4.69) is 19.9 Å². The van der Waals surface area contributed by atoms with Crippen LogP contribution in [0, 0.1) is 6.92 Å². The summed E-state index contributed by atoms with van der Waals surface area (Å²) in [6.07, 6.45) is -1.49. The van der Waals surface area contributed by atoms with Crippen LogP contribution in [0.1, 0.15) is 22.9 Å². The number of hydrazone groups is 1. The quantitative estimate of drug-likeness (QED) is 0.257. The number of aliphatic hydroxyl groups is 1. The molecule has 0 unspecified atom stereocenters. The van der Waals surface area contributed by atoms with E-state index in [-0.39, 0.29) is 16.3 Å². The second-order valence-electron chi connectivity index (χ2n) is 7.66. The monoisotopic (exact) mass is 512 g/mol. The van der Waals surface area contributed by atoms with Gasteiger partial charge in [0.05, 0.1) is 23.0 Å². The first-order valence-corrected chi connectivity index (χ1v) is 12.2. The number of nitrogens with zero attached hydrogens (tertiary/aromatic N) is 2. The third-order valence-electron chi connectivity index (χ3n) is 5.20. The lowest BCUT2D eigenvalue weighted by Gasteiger charge is -2.15. The molecule has 1 aromatic heterocycles. The summed E-state index contributed by atoms with van der Waals surface area (Å²) in [4.78, 5) is 22.0. The molecule has 1 atom stereocenters. The summed E-state index contributed by atoms with van der Waals surface area (Å²) < 4.78 is 30.8. The van der Waals surface area contributed by atoms with Crippen LogP contribution in [0.3, 0.4) is 0 Å². The predicted octanol–water partition coefficient (Wildman–Crippen LogP) is 3.31. The smallest absolute Gasteiger partial charge is 0.276 e. The van der Waals surface area contributed by atoms with E-state index < -0.39 is 21.7 Å². The van der Waals surface area contributed by atoms with Crippen LogP contribution in [0.15, 0.2) is 81.5 Å². The molecule has 4 aromatic rings. The van der Waals surface area contributed by atoms with Crippen LogP contribution in [0.4, 0.5) is 0 Å². The molecule has 3 N–H and O–H groups in total. The van der Waals surface area contributed by atoms with Crippen molar-refractivity contribution in [2.75, 3.05) is 7.11 Å². The second kappa shape index (κ2) is 9.87. The number of hydrogen-bond donors (Lipinski definition) is 3. The fourth-order valence-electron chi connectivity index (χ4n) is 3.30. The molecular formula is C24H21ClN4O5S. The molecule has 0 amide bonds. The van der Waals surface area contributed by atoms with Crippen molar-refractivity contribution in [3.05, 3.63) is 98.9 Å². The van der Waals surface area contributed by atoms with Gasteiger partial charge in [-0.05, 0) is 55.0 Å². The Labute approximate surface area is 206 Å². The number of hydrogen-bond acceptors (Lipinski definition) is 7. The van der Waals surface area contributed by atoms with Crippen molar-refractivity contribution < 1.29 is 18.3 Å². The third-order valence-corrected chi connectivity index (χ3v) is 6.66. The zero-order valence-electron chi connectivity index (χ0n) is 18.7. The molecule has 4 rings (SSSR count). The van der Waals surface area contributed by atoms with Crippen molar-refractivity contribution in [2.45, 2.75) is 17.9 Å². The minimum Gasteiger partial charge on any atom is -0.497 e. The van der Waals surface area contributed by atoms with Gasteiger partial charge in [0.15, 0.2) is 5.69 Å². The number of methoxy groups -OCH3 is 1. The molecule has 11 heteroatoms. The van der Waals surface area contributed by atoms with Gasteiger partial charge in [-0.3, -0.25) is 4.79 Å². The standard InChI is InChI=1S/C24H21ClN4O5S/c1-14-3-10-18(11-4-14)35(32,33)29-28-21(23(30)15-5-8-17(34-2)9-6-15)22-24(31)27-20-13-16(25)7-12-19(20)26-22/h3-13,23,29-30H,1-2H3,(H,27,31)/b28-21+/t23-/m1/s1. The maximum absolute atomic E-state index is 12.9. The Bertz CT molecular complexity index is 1570. The number of sulfonamides is 1. The maximum atomic E-state index is 12.9. The van der Waals surface area contributed by atoms with Crippen molar-refractivity contribution in [3.63, 3.8) is 0 Å². The van der Waals surface area contributed by atoms with Crippen molar-refractivity contribution in [1.82, 2.24) is 14.8 Å². The van der Waals surface area contributed by atoms with Crippen LogP contribution in [0.2, 0.25) is 5.02 Å². The van der Waals surface area contributed by atoms with Gasteiger partial charge in [-0.15, -0.1) is 0 Å². The number of aromatic nitrogens is 2. The summed E-state index contributed by atoms with van der Waals surface area (Å²) in [7, 11) is -2.59. The third kappa shape index (κ3) is 5.35. The number of aryl methyl sites for hydroxylation is 1. The molecule has 35 heavy (non-hydrogen) atoms. The lowest BCUT2D eigenvalue weighted by molar-refractivity contribution is 0.247. The molecule has 1 heterocycles. The maximum Gasteiger partial charge on any atom is 0.276 e. The van der Waals surface area contributed by atoms with Crippen LogP contribution in [-0.2, 0) is 10.0 Å². The molecule has 0 radical (unpaired) electrons. The van der Waals surface area contributed by atoms with Gasteiger partial charge < -0.3 is 14.8 Å². The van der Waals surface area contributed by atoms with Crippen LogP contribution >= 0.6 is 11.6 Å². The van der Waals surface area contributed by atoms with Crippen molar-refractivity contribution >= 4 is 38.4 Å². The van der Waals surface area contributed by atoms with Crippen LogP contribution < -0.4 is 15.1 Å². The molecule has 0 saturated carbocycles. The first-order valence-electron chi connectivity index (χ1n) is 10.4. The van der Waals surface area contributed by atoms with E-state index in [1.807, 2.05) is 6.92 Å². The Morgan fingerprint density at radius 2 is 1.80 bits per heavy atom. The lowest BCUT2D eigenvalue weighted by atomic mass is 10.0. The number of benzene rings is 3. The highest BCUT2D eigenvalue weighted by Gasteiger charge is 2.24. The summed E-state index contributed by atoms with van der Waals surface area (Å²) in [6, 6.07) is 17.2. The van der Waals surface area contributed by atoms with E-state index in [1.54, 1.807) is 48.5 Å². The summed E-state index contributed by atoms with van der Waals surface area (Å²) in [6.45, 7) is 1.83. The zero-order chi connectivity index (χ0) is 25.2. The number of fused-ring (bicyclic) bond motifs is 1. The molecule has 0 saturated heterocycles. The van der Waals surface area contributed by atoms with E-state index in [4.69, 9.17) is 16.3 Å². The predicted molar refractivity (Wildman–Crippen MR) is 133 cm³/mol. The molecule has 3 aromatic carbocycles. The number of halogens is 1. The van der Waals surface area contributed by atoms with Crippen LogP contribution in [0.5, 0.6) is 5.75 Å². The molecule has 0 aliphatic rings. The zero-order valence-corrected chi connectivity index (χ0v) is 20.3. The largest absolute Gasteiger partial charge is 0.497 e. The van der Waals surface area contributed by atoms with Gasteiger partial charge >= 0.3 is 0 Å². The van der Waals surface area contributed by atoms with E-state index in [0.29, 0.717) is 27.4 Å². The molecule has 0 spiro atoms. The topological polar surface area (TPSA) is 134 Å². The molecule has 0 aliphatic carbocycles. The van der Waals surface area contributed by atoms with Gasteiger partial charge in [-0.25, -0.2) is 4.98 Å². The number of ether oxygens (including phenoxy) is 1. The van der Waals surface area contributed by atoms with Crippen molar-refractivity contribution in [3.8, 4) is 5.75 Å². The summed E-state index contributed by atoms with van der Waals surface area (Å²) in [5, 5.41) is 15.5. The molecule has 9 nitrogen and oxygen atoms in total. The average molecular weight is 513 g/mol. The molecular weight excluding hydrogens is 492 g/mol. The molecule has 0 fully saturated rings. The summed E-state index contributed by atoms with van der Waals surface area (Å²) in [5.74, 6) is 0.554. The van der Waals surface area contributed by atoms with Gasteiger partial charge in [-0.2, -0.15) is 18.4 Å². The van der Waals surface area contributed by atoms with E-state index in [9.17, 15) is 18.3 Å². The Morgan fingerprint density at radius 1 is 1.11 bits per heavy atom. The van der Waals surface area contributed by atoms with E-state index >= 15 is 0 Å². The highest BCUT2D eigenvalue weighted by Crippen LogP contribution is 2.22. The Balaban J connectivity index is 1.82. The Kier molecular flexibility index (Phi) is 6.88. The Morgan fingerprint density at radius 3 is 2.46 bits per heavy atom. The highest BCUT2D eigenvalue weighted by atomic mass is 35.5. The summed E-state index contributed by atoms with van der Waals surface area (Å²) in [5.41, 5.74) is 0.760. The number of H-pyrrole nitrogens is 1. The molecule has 0 aliphatic heterocycles. The second-order valence-corrected chi connectivity index (χ2v) is 9.75. The lowest BCUT2D eigenvalue weighted by Crippen LogP contribution is -2.29. The number of nitrogens with one attached hydrogen (secondary N) is 2.